The van der Waals surface area contributed by atoms with Gasteiger partial charge in [-0.05, 0) is 22.8 Å². The molecular formula is C24H26Br2Cl2SiZr-2. The van der Waals surface area contributed by atoms with E-state index in [1.165, 1.54) is 43.8 Å². The van der Waals surface area contributed by atoms with Crippen LogP contribution < -0.4 is 24.8 Å². The molecule has 4 aromatic carbocycles. The summed E-state index contributed by atoms with van der Waals surface area (Å²) in [4.78, 5) is 0. The number of benzene rings is 2. The zero-order valence-electron chi connectivity index (χ0n) is 18.1. The Labute approximate surface area is 225 Å². The van der Waals surface area contributed by atoms with Crippen molar-refractivity contribution in [1.82, 2.24) is 0 Å². The number of aryl methyl sites for hydroxylation is 4. The van der Waals surface area contributed by atoms with Crippen molar-refractivity contribution in [2.45, 2.75) is 40.8 Å². The Kier molecular flexibility index (Phi) is 13.9. The molecule has 0 aliphatic carbocycles. The van der Waals surface area contributed by atoms with Crippen LogP contribution in [0.1, 0.15) is 22.3 Å². The van der Waals surface area contributed by atoms with E-state index in [0.29, 0.717) is 0 Å². The average Bonchev–Trinajstić information content (AvgIpc) is 3.09. The van der Waals surface area contributed by atoms with Gasteiger partial charge in [-0.2, -0.15) is 12.1 Å². The zero-order valence-corrected chi connectivity index (χ0v) is 26.3. The van der Waals surface area contributed by atoms with Gasteiger partial charge in [0.25, 0.3) is 0 Å². The largest absolute Gasteiger partial charge is 1.00 e. The second kappa shape index (κ2) is 13.8. The monoisotopic (exact) mass is 660 g/mol. The van der Waals surface area contributed by atoms with Crippen LogP contribution in [-0.4, -0.2) is 5.43 Å². The van der Waals surface area contributed by atoms with E-state index >= 15 is 0 Å². The van der Waals surface area contributed by atoms with E-state index < -0.39 is 0 Å². The third-order valence-corrected chi connectivity index (χ3v) is 5.19. The predicted molar refractivity (Wildman–Crippen MR) is 131 cm³/mol. The Morgan fingerprint density at radius 3 is 1.27 bits per heavy atom. The first-order valence-electron chi connectivity index (χ1n) is 9.25. The van der Waals surface area contributed by atoms with E-state index in [-0.39, 0.29) is 30.2 Å². The van der Waals surface area contributed by atoms with Gasteiger partial charge < -0.3 is 24.8 Å². The van der Waals surface area contributed by atoms with Crippen LogP contribution in [0.2, 0.25) is 13.1 Å². The molecule has 160 valence electrons. The summed E-state index contributed by atoms with van der Waals surface area (Å²) in [7, 11) is 0. The molecule has 4 rings (SSSR count). The molecule has 0 amide bonds. The molecule has 0 saturated carbocycles. The van der Waals surface area contributed by atoms with Crippen molar-refractivity contribution in [3.8, 4) is 0 Å². The van der Waals surface area contributed by atoms with Crippen molar-refractivity contribution in [2.75, 3.05) is 0 Å². The van der Waals surface area contributed by atoms with E-state index in [1.807, 2.05) is 0 Å². The number of rotatable bonds is 0. The molecule has 30 heavy (non-hydrogen) atoms. The molecule has 0 aromatic heterocycles. The van der Waals surface area contributed by atoms with Gasteiger partial charge in [0.2, 0.25) is 0 Å². The number of hydrogen-bond donors (Lipinski definition) is 0. The van der Waals surface area contributed by atoms with Gasteiger partial charge in [-0.25, -0.2) is 0 Å². The number of fused-ring (bicyclic) bond motifs is 2. The van der Waals surface area contributed by atoms with Gasteiger partial charge >= 0.3 is 41.9 Å². The third kappa shape index (κ3) is 9.04. The molecule has 0 unspecified atom stereocenters. The fourth-order valence-electron chi connectivity index (χ4n) is 3.22. The first kappa shape index (κ1) is 30.3. The van der Waals surface area contributed by atoms with Crippen LogP contribution in [0, 0.1) is 27.7 Å². The van der Waals surface area contributed by atoms with E-state index in [1.54, 1.807) is 23.3 Å². The Balaban J connectivity index is 0.000000452. The molecule has 0 aliphatic heterocycles. The van der Waals surface area contributed by atoms with Crippen molar-refractivity contribution in [2.24, 2.45) is 0 Å². The topological polar surface area (TPSA) is 0 Å². The Morgan fingerprint density at radius 2 is 0.967 bits per heavy atom. The van der Waals surface area contributed by atoms with Gasteiger partial charge in [-0.15, -0.1) is 56.9 Å². The minimum atomic E-state index is 0. The van der Waals surface area contributed by atoms with Crippen LogP contribution in [0.4, 0.5) is 0 Å². The van der Waals surface area contributed by atoms with Crippen molar-refractivity contribution in [3.63, 3.8) is 0 Å². The van der Waals surface area contributed by atoms with Crippen LogP contribution in [-0.2, 0) is 23.3 Å². The summed E-state index contributed by atoms with van der Waals surface area (Å²) in [5.41, 5.74) is 5.57. The zero-order chi connectivity index (χ0) is 21.0. The Hall–Kier alpha value is 0.300. The van der Waals surface area contributed by atoms with Crippen LogP contribution in [0.5, 0.6) is 0 Å². The average molecular weight is 664 g/mol. The summed E-state index contributed by atoms with van der Waals surface area (Å²) in [6.45, 7) is 13.2. The van der Waals surface area contributed by atoms with Crippen LogP contribution in [0.3, 0.4) is 0 Å². The fourth-order valence-corrected chi connectivity index (χ4v) is 4.40. The van der Waals surface area contributed by atoms with Gasteiger partial charge in [0, 0.05) is 0 Å². The molecule has 0 spiro atoms. The molecule has 0 N–H and O–H groups in total. The quantitative estimate of drug-likeness (QED) is 0.201. The van der Waals surface area contributed by atoms with E-state index in [4.69, 9.17) is 0 Å². The maximum Gasteiger partial charge on any atom is -0.0239 e. The molecule has 0 heterocycles. The Morgan fingerprint density at radius 1 is 0.667 bits per heavy atom. The smallest absolute Gasteiger partial charge is 0.0239 e. The molecule has 0 bridgehead atoms. The van der Waals surface area contributed by atoms with E-state index in [2.05, 4.69) is 121 Å². The SMILES string of the molecule is C[Si](C)=[Zr+2].Cc1cc2c(C)cc(Br)cc2[cH-]1.Cc1cc2c(C)cc(Br)cc2[cH-]1.[Cl-].[Cl-]. The van der Waals surface area contributed by atoms with Gasteiger partial charge in [-0.1, -0.05) is 69.0 Å². The van der Waals surface area contributed by atoms with Crippen molar-refractivity contribution >= 4 is 58.8 Å². The normalized spacial score (nSPS) is 9.67. The summed E-state index contributed by atoms with van der Waals surface area (Å²) in [5.74, 6) is 0. The number of hydrogen-bond acceptors (Lipinski definition) is 0. The second-order valence-corrected chi connectivity index (χ2v) is 18.7. The van der Waals surface area contributed by atoms with Gasteiger partial charge in [0.1, 0.15) is 0 Å². The molecule has 0 saturated heterocycles. The van der Waals surface area contributed by atoms with Gasteiger partial charge in [0.15, 0.2) is 0 Å². The molecule has 6 heteroatoms. The first-order valence-corrected chi connectivity index (χ1v) is 17.0. The summed E-state index contributed by atoms with van der Waals surface area (Å²) in [5, 5.41) is 5.41. The molecule has 0 aliphatic rings. The standard InChI is InChI=1S/2C11H10Br.C2H6Si.2ClH.Zr/c2*1-7-3-9-6-10(12)5-8(2)11(9)4-7;1-3-2;;;/h2*3-6H,1-2H3;1-2H3;2*1H;/q2*-1;;;;+2/p-2. The number of halogens is 4. The van der Waals surface area contributed by atoms with Crippen LogP contribution in [0.25, 0.3) is 21.5 Å². The Bertz CT molecular complexity index is 1040. The predicted octanol–water partition coefficient (Wildman–Crippen LogP) is 2.67. The van der Waals surface area contributed by atoms with E-state index in [9.17, 15) is 0 Å². The van der Waals surface area contributed by atoms with Crippen molar-refractivity contribution in [1.29, 1.82) is 0 Å². The minimum Gasteiger partial charge on any atom is -1.00 e. The molecular weight excluding hydrogens is 638 g/mol. The maximum atomic E-state index is 3.49. The van der Waals surface area contributed by atoms with Crippen LogP contribution in [0.15, 0.2) is 57.5 Å². The summed E-state index contributed by atoms with van der Waals surface area (Å²) >= 11 is 8.72. The molecule has 0 atom stereocenters. The van der Waals surface area contributed by atoms with Crippen molar-refractivity contribution < 1.29 is 48.1 Å². The molecule has 0 nitrogen and oxygen atoms in total. The third-order valence-electron chi connectivity index (χ3n) is 4.28. The molecule has 4 aromatic rings. The van der Waals surface area contributed by atoms with Crippen LogP contribution >= 0.6 is 31.9 Å². The van der Waals surface area contributed by atoms with E-state index in [0.717, 1.165) is 8.95 Å². The second-order valence-electron chi connectivity index (χ2n) is 7.52. The summed E-state index contributed by atoms with van der Waals surface area (Å²) in [6.07, 6.45) is 0. The first-order chi connectivity index (χ1) is 13.1. The summed E-state index contributed by atoms with van der Waals surface area (Å²) in [6, 6.07) is 17.5. The summed E-state index contributed by atoms with van der Waals surface area (Å²) < 4.78 is 2.33. The van der Waals surface area contributed by atoms with Gasteiger partial charge in [-0.3, -0.25) is 0 Å². The molecule has 0 fully saturated rings. The maximum absolute atomic E-state index is 3.49. The van der Waals surface area contributed by atoms with Crippen molar-refractivity contribution in [3.05, 3.63) is 79.7 Å². The molecule has 0 radical (unpaired) electrons. The minimum absolute atomic E-state index is 0. The fraction of sp³-hybridized carbons (Fsp3) is 0.250. The van der Waals surface area contributed by atoms with Gasteiger partial charge in [0.05, 0.1) is 0 Å².